The Balaban J connectivity index is 1.76. The lowest BCUT2D eigenvalue weighted by molar-refractivity contribution is 0.260. The molecule has 6 heteroatoms. The van der Waals surface area contributed by atoms with Crippen LogP contribution in [0.1, 0.15) is 24.0 Å². The first-order valence-corrected chi connectivity index (χ1v) is 9.12. The molecule has 0 amide bonds. The van der Waals surface area contributed by atoms with Crippen LogP contribution in [0.5, 0.6) is 5.75 Å². The maximum absolute atomic E-state index is 10.4. The molecule has 26 heavy (non-hydrogen) atoms. The summed E-state index contributed by atoms with van der Waals surface area (Å²) >= 11 is 0. The van der Waals surface area contributed by atoms with Gasteiger partial charge in [0.1, 0.15) is 5.75 Å². The highest BCUT2D eigenvalue weighted by atomic mass is 16.3. The third kappa shape index (κ3) is 3.12. The van der Waals surface area contributed by atoms with Gasteiger partial charge in [0.2, 0.25) is 0 Å². The van der Waals surface area contributed by atoms with E-state index in [2.05, 4.69) is 40.5 Å². The van der Waals surface area contributed by atoms with Crippen LogP contribution in [0, 0.1) is 13.8 Å². The minimum Gasteiger partial charge on any atom is -0.507 e. The second kappa shape index (κ2) is 6.61. The molecular formula is C20H25N5O. The van der Waals surface area contributed by atoms with Gasteiger partial charge >= 0.3 is 0 Å². The van der Waals surface area contributed by atoms with Crippen LogP contribution in [0.2, 0.25) is 0 Å². The zero-order valence-electron chi connectivity index (χ0n) is 15.5. The predicted molar refractivity (Wildman–Crippen MR) is 104 cm³/mol. The Labute approximate surface area is 153 Å². The minimum absolute atomic E-state index is 0.224. The van der Waals surface area contributed by atoms with Gasteiger partial charge in [-0.05, 0) is 69.6 Å². The van der Waals surface area contributed by atoms with Crippen LogP contribution in [0.15, 0.2) is 30.5 Å². The van der Waals surface area contributed by atoms with Crippen LogP contribution in [-0.2, 0) is 0 Å². The molecule has 1 fully saturated rings. The number of phenolic OH excluding ortho intramolecular Hbond substituents is 1. The zero-order valence-corrected chi connectivity index (χ0v) is 15.5. The van der Waals surface area contributed by atoms with Crippen molar-refractivity contribution < 1.29 is 5.11 Å². The number of phenols is 1. The number of anilines is 1. The van der Waals surface area contributed by atoms with Crippen LogP contribution < -0.4 is 5.32 Å². The number of aryl methyl sites for hydroxylation is 2. The lowest BCUT2D eigenvalue weighted by atomic mass is 10.1. The fourth-order valence-corrected chi connectivity index (χ4v) is 3.74. The number of piperidine rings is 1. The largest absolute Gasteiger partial charge is 0.507 e. The molecule has 1 atom stereocenters. The molecule has 0 bridgehead atoms. The highest BCUT2D eigenvalue weighted by Crippen LogP contribution is 2.31. The quantitative estimate of drug-likeness (QED) is 0.758. The molecule has 3 aromatic rings. The average molecular weight is 351 g/mol. The van der Waals surface area contributed by atoms with Crippen molar-refractivity contribution in [2.45, 2.75) is 32.7 Å². The number of fused-ring (bicyclic) bond motifs is 1. The van der Waals surface area contributed by atoms with E-state index in [-0.39, 0.29) is 5.75 Å². The highest BCUT2D eigenvalue weighted by Gasteiger charge is 2.20. The second-order valence-corrected chi connectivity index (χ2v) is 7.41. The molecular weight excluding hydrogens is 326 g/mol. The van der Waals surface area contributed by atoms with Gasteiger partial charge < -0.3 is 15.3 Å². The van der Waals surface area contributed by atoms with E-state index in [0.29, 0.717) is 17.4 Å². The van der Waals surface area contributed by atoms with Crippen molar-refractivity contribution >= 4 is 11.3 Å². The number of rotatable bonds is 3. The van der Waals surface area contributed by atoms with E-state index < -0.39 is 0 Å². The number of hydrogen-bond acceptors (Lipinski definition) is 5. The van der Waals surface area contributed by atoms with Crippen LogP contribution >= 0.6 is 0 Å². The van der Waals surface area contributed by atoms with Crippen LogP contribution in [0.3, 0.4) is 0 Å². The lowest BCUT2D eigenvalue weighted by Crippen LogP contribution is -2.40. The van der Waals surface area contributed by atoms with E-state index in [4.69, 9.17) is 0 Å². The number of nitrogens with zero attached hydrogens (tertiary/aromatic N) is 4. The average Bonchev–Trinajstić information content (AvgIpc) is 2.98. The van der Waals surface area contributed by atoms with E-state index in [9.17, 15) is 5.11 Å². The monoisotopic (exact) mass is 351 g/mol. The first-order chi connectivity index (χ1) is 12.5. The molecule has 4 rings (SSSR count). The van der Waals surface area contributed by atoms with Gasteiger partial charge in [-0.1, -0.05) is 6.07 Å². The topological polar surface area (TPSA) is 65.7 Å². The molecule has 1 aromatic carbocycles. The van der Waals surface area contributed by atoms with Crippen LogP contribution in [0.4, 0.5) is 5.82 Å². The smallest absolute Gasteiger partial charge is 0.173 e. The van der Waals surface area contributed by atoms with Crippen LogP contribution in [-0.4, -0.2) is 50.8 Å². The van der Waals surface area contributed by atoms with Crippen molar-refractivity contribution in [3.8, 4) is 17.1 Å². The van der Waals surface area contributed by atoms with Gasteiger partial charge in [-0.25, -0.2) is 0 Å². The fourth-order valence-electron chi connectivity index (χ4n) is 3.74. The summed E-state index contributed by atoms with van der Waals surface area (Å²) < 4.78 is 2.02. The van der Waals surface area contributed by atoms with Crippen LogP contribution in [0.25, 0.3) is 16.9 Å². The summed E-state index contributed by atoms with van der Waals surface area (Å²) in [5.74, 6) is 1.67. The number of nitrogens with one attached hydrogen (secondary N) is 1. The summed E-state index contributed by atoms with van der Waals surface area (Å²) in [7, 11) is 2.15. The number of hydrogen-bond donors (Lipinski definition) is 2. The summed E-state index contributed by atoms with van der Waals surface area (Å²) in [4.78, 5) is 2.34. The van der Waals surface area contributed by atoms with Gasteiger partial charge in [0.15, 0.2) is 11.6 Å². The van der Waals surface area contributed by atoms with E-state index >= 15 is 0 Å². The molecule has 6 nitrogen and oxygen atoms in total. The summed E-state index contributed by atoms with van der Waals surface area (Å²) in [6, 6.07) is 8.11. The Kier molecular flexibility index (Phi) is 4.28. The van der Waals surface area contributed by atoms with Gasteiger partial charge in [-0.2, -0.15) is 0 Å². The summed E-state index contributed by atoms with van der Waals surface area (Å²) in [6.07, 6.45) is 4.36. The zero-order chi connectivity index (χ0) is 18.3. The van der Waals surface area contributed by atoms with Gasteiger partial charge in [0.05, 0.1) is 11.1 Å². The Morgan fingerprint density at radius 1 is 1.15 bits per heavy atom. The third-order valence-corrected chi connectivity index (χ3v) is 5.03. The molecule has 2 N–H and O–H groups in total. The Bertz CT molecular complexity index is 949. The van der Waals surface area contributed by atoms with Crippen molar-refractivity contribution in [1.29, 1.82) is 0 Å². The van der Waals surface area contributed by atoms with Gasteiger partial charge in [0, 0.05) is 18.8 Å². The number of aromatic hydroxyl groups is 1. The molecule has 0 radical (unpaired) electrons. The number of likely N-dealkylation sites (N-methyl/N-ethyl adjacent to an activating group) is 1. The van der Waals surface area contributed by atoms with E-state index in [1.54, 1.807) is 6.07 Å². The highest BCUT2D eigenvalue weighted by molar-refractivity contribution is 5.75. The lowest BCUT2D eigenvalue weighted by Gasteiger charge is -2.30. The molecule has 1 aliphatic heterocycles. The van der Waals surface area contributed by atoms with Crippen molar-refractivity contribution in [2.24, 2.45) is 0 Å². The van der Waals surface area contributed by atoms with Gasteiger partial charge in [0.25, 0.3) is 0 Å². The Hall–Kier alpha value is -2.60. The third-order valence-electron chi connectivity index (χ3n) is 5.03. The molecule has 1 aliphatic rings. The standard InChI is InChI=1S/C20H25N5O/c1-13-6-7-16(18(26)10-13)20-23-22-19(17-9-14(2)11-25(17)20)21-15-5-4-8-24(3)12-15/h6-7,9-11,15,26H,4-5,8,12H2,1-3H3,(H,21,22)/t15-/m1/s1. The van der Waals surface area contributed by atoms with Gasteiger partial charge in [-0.15, -0.1) is 10.2 Å². The molecule has 3 heterocycles. The number of likely N-dealkylation sites (tertiary alicyclic amines) is 1. The number of aromatic nitrogens is 3. The molecule has 0 spiro atoms. The molecule has 0 unspecified atom stereocenters. The Morgan fingerprint density at radius 3 is 2.77 bits per heavy atom. The van der Waals surface area contributed by atoms with Crippen molar-refractivity contribution in [2.75, 3.05) is 25.5 Å². The fraction of sp³-hybridized carbons (Fsp3) is 0.400. The van der Waals surface area contributed by atoms with Gasteiger partial charge in [-0.3, -0.25) is 4.40 Å². The summed E-state index contributed by atoms with van der Waals surface area (Å²) in [5.41, 5.74) is 3.82. The van der Waals surface area contributed by atoms with E-state index in [1.165, 1.54) is 6.42 Å². The Morgan fingerprint density at radius 2 is 2.00 bits per heavy atom. The van der Waals surface area contributed by atoms with Crippen molar-refractivity contribution in [3.05, 3.63) is 41.6 Å². The molecule has 2 aromatic heterocycles. The normalized spacial score (nSPS) is 18.3. The SMILES string of the molecule is Cc1ccc(-c2nnc(N[C@@H]3CCCN(C)C3)c3cc(C)cn23)c(O)c1. The van der Waals surface area contributed by atoms with Crippen molar-refractivity contribution in [3.63, 3.8) is 0 Å². The first kappa shape index (κ1) is 16.8. The number of benzene rings is 1. The summed E-state index contributed by atoms with van der Waals surface area (Å²) in [5, 5.41) is 22.8. The van der Waals surface area contributed by atoms with Crippen molar-refractivity contribution in [1.82, 2.24) is 19.5 Å². The minimum atomic E-state index is 0.224. The second-order valence-electron chi connectivity index (χ2n) is 7.41. The molecule has 0 aliphatic carbocycles. The van der Waals surface area contributed by atoms with E-state index in [1.807, 2.05) is 29.7 Å². The maximum atomic E-state index is 10.4. The maximum Gasteiger partial charge on any atom is 0.173 e. The predicted octanol–water partition coefficient (Wildman–Crippen LogP) is 3.22. The molecule has 0 saturated carbocycles. The van der Waals surface area contributed by atoms with E-state index in [0.717, 1.165) is 42.0 Å². The first-order valence-electron chi connectivity index (χ1n) is 9.12. The molecule has 1 saturated heterocycles. The summed E-state index contributed by atoms with van der Waals surface area (Å²) in [6.45, 7) is 6.17. The molecule has 136 valence electrons.